The summed E-state index contributed by atoms with van der Waals surface area (Å²) < 4.78 is 27.6. The van der Waals surface area contributed by atoms with Crippen LogP contribution in [0.5, 0.6) is 0 Å². The average Bonchev–Trinajstić information content (AvgIpc) is 3.30. The Morgan fingerprint density at radius 2 is 1.59 bits per heavy atom. The lowest BCUT2D eigenvalue weighted by Crippen LogP contribution is -2.55. The fraction of sp³-hybridized carbons (Fsp3) is 0.419. The largest absolute Gasteiger partial charge is 0.339 e. The van der Waals surface area contributed by atoms with Gasteiger partial charge in [0.25, 0.3) is 21.8 Å². The van der Waals surface area contributed by atoms with E-state index in [1.54, 1.807) is 24.3 Å². The molecule has 0 spiro atoms. The van der Waals surface area contributed by atoms with Crippen molar-refractivity contribution in [1.29, 1.82) is 0 Å². The molecule has 0 unspecified atom stereocenters. The lowest BCUT2D eigenvalue weighted by Gasteiger charge is -2.42. The van der Waals surface area contributed by atoms with Crippen LogP contribution in [0.25, 0.3) is 0 Å². The average molecular weight is 595 g/mol. The van der Waals surface area contributed by atoms with E-state index in [0.717, 1.165) is 42.8 Å². The molecule has 3 aromatic rings. The minimum atomic E-state index is -3.80. The molecular formula is C31H38N4O4S2. The molecule has 0 saturated carbocycles. The van der Waals surface area contributed by atoms with Crippen LogP contribution >= 0.6 is 11.3 Å². The number of thiophene rings is 1. The molecule has 5 rings (SSSR count). The van der Waals surface area contributed by atoms with E-state index in [1.807, 2.05) is 11.0 Å². The number of piperidine rings is 1. The zero-order chi connectivity index (χ0) is 29.6. The summed E-state index contributed by atoms with van der Waals surface area (Å²) in [6.07, 6.45) is 3.75. The van der Waals surface area contributed by atoms with Crippen molar-refractivity contribution in [1.82, 2.24) is 10.2 Å². The molecule has 2 N–H and O–H groups in total. The third-order valence-corrected chi connectivity index (χ3v) is 11.1. The Morgan fingerprint density at radius 3 is 2.22 bits per heavy atom. The minimum Gasteiger partial charge on any atom is -0.339 e. The van der Waals surface area contributed by atoms with Crippen LogP contribution in [0.4, 0.5) is 10.7 Å². The third-order valence-electron chi connectivity index (χ3n) is 7.82. The van der Waals surface area contributed by atoms with Gasteiger partial charge in [-0.05, 0) is 95.3 Å². The first-order valence-electron chi connectivity index (χ1n) is 14.0. The van der Waals surface area contributed by atoms with Gasteiger partial charge in [-0.15, -0.1) is 11.3 Å². The highest BCUT2D eigenvalue weighted by atomic mass is 32.2. The molecule has 8 nitrogen and oxygen atoms in total. The summed E-state index contributed by atoms with van der Waals surface area (Å²) >= 11 is 1.45. The number of carbonyl (C=O) groups excluding carboxylic acids is 2. The summed E-state index contributed by atoms with van der Waals surface area (Å²) in [5.41, 5.74) is 1.85. The Kier molecular flexibility index (Phi) is 7.78. The molecule has 1 fully saturated rings. The van der Waals surface area contributed by atoms with E-state index < -0.39 is 10.0 Å². The van der Waals surface area contributed by atoms with Gasteiger partial charge in [0.15, 0.2) is 0 Å². The molecule has 2 aromatic carbocycles. The predicted molar refractivity (Wildman–Crippen MR) is 164 cm³/mol. The molecule has 1 aromatic heterocycles. The van der Waals surface area contributed by atoms with E-state index in [9.17, 15) is 18.0 Å². The molecule has 0 radical (unpaired) electrons. The maximum absolute atomic E-state index is 13.9. The van der Waals surface area contributed by atoms with Crippen molar-refractivity contribution in [3.63, 3.8) is 0 Å². The van der Waals surface area contributed by atoms with Crippen LogP contribution in [0, 0.1) is 0 Å². The van der Waals surface area contributed by atoms with Crippen molar-refractivity contribution in [2.24, 2.45) is 0 Å². The number of hydrogen-bond donors (Lipinski definition) is 2. The highest BCUT2D eigenvalue weighted by Crippen LogP contribution is 2.45. The molecule has 3 heterocycles. The van der Waals surface area contributed by atoms with E-state index in [2.05, 4.69) is 38.3 Å². The van der Waals surface area contributed by atoms with Gasteiger partial charge in [-0.2, -0.15) is 0 Å². The SMILES string of the molecule is CN(c1ccccc1)S(=O)(=O)c1ccc(C(=O)Nc2sc3c(c2C(=O)N2CCCCC2)CC(C)(C)NC3(C)C)cc1. The first-order chi connectivity index (χ1) is 19.3. The molecule has 0 atom stereocenters. The number of para-hydroxylation sites is 1. The van der Waals surface area contributed by atoms with Crippen LogP contribution in [0.15, 0.2) is 59.5 Å². The molecule has 2 aliphatic heterocycles. The molecular weight excluding hydrogens is 556 g/mol. The molecule has 10 heteroatoms. The number of fused-ring (bicyclic) bond motifs is 1. The number of sulfonamides is 1. The Balaban J connectivity index is 1.45. The lowest BCUT2D eigenvalue weighted by atomic mass is 9.81. The number of benzene rings is 2. The standard InChI is InChI=1S/C31H38N4O4S2/c1-30(2)20-24-25(29(37)35-18-10-7-11-19-35)28(40-26(24)31(3,4)33-30)32-27(36)21-14-16-23(17-15-21)41(38,39)34(5)22-12-8-6-9-13-22/h6,8-9,12-17,33H,7,10-11,18-20H2,1-5H3,(H,32,36). The van der Waals surface area contributed by atoms with Crippen molar-refractivity contribution in [3.05, 3.63) is 76.2 Å². The third kappa shape index (κ3) is 5.78. The Bertz CT molecular complexity index is 1560. The number of hydrogen-bond acceptors (Lipinski definition) is 6. The molecule has 1 saturated heterocycles. The van der Waals surface area contributed by atoms with Crippen LogP contribution in [-0.2, 0) is 22.0 Å². The number of carbonyl (C=O) groups is 2. The summed E-state index contributed by atoms with van der Waals surface area (Å²) in [4.78, 5) is 30.4. The van der Waals surface area contributed by atoms with Crippen LogP contribution in [0.3, 0.4) is 0 Å². The Hall–Kier alpha value is -3.21. The summed E-state index contributed by atoms with van der Waals surface area (Å²) in [5.74, 6) is -0.418. The topological polar surface area (TPSA) is 98.8 Å². The highest BCUT2D eigenvalue weighted by Gasteiger charge is 2.42. The van der Waals surface area contributed by atoms with E-state index >= 15 is 0 Å². The number of rotatable bonds is 6. The quantitative estimate of drug-likeness (QED) is 0.387. The summed E-state index contributed by atoms with van der Waals surface area (Å²) in [6.45, 7) is 9.91. The number of likely N-dealkylation sites (tertiary alicyclic amines) is 1. The van der Waals surface area contributed by atoms with Crippen molar-refractivity contribution >= 4 is 43.9 Å². The number of nitrogens with zero attached hydrogens (tertiary/aromatic N) is 2. The smallest absolute Gasteiger partial charge is 0.264 e. The van der Waals surface area contributed by atoms with E-state index in [4.69, 9.17) is 0 Å². The van der Waals surface area contributed by atoms with Gasteiger partial charge in [0, 0.05) is 41.7 Å². The number of anilines is 2. The molecule has 41 heavy (non-hydrogen) atoms. The van der Waals surface area contributed by atoms with Crippen LogP contribution in [0.2, 0.25) is 0 Å². The van der Waals surface area contributed by atoms with E-state index in [-0.39, 0.29) is 27.8 Å². The molecule has 0 aliphatic carbocycles. The van der Waals surface area contributed by atoms with Crippen LogP contribution in [-0.4, -0.2) is 50.8 Å². The first-order valence-corrected chi connectivity index (χ1v) is 16.3. The monoisotopic (exact) mass is 594 g/mol. The maximum atomic E-state index is 13.9. The van der Waals surface area contributed by atoms with E-state index in [1.165, 1.54) is 47.0 Å². The first kappa shape index (κ1) is 29.3. The second-order valence-corrected chi connectivity index (χ2v) is 15.1. The van der Waals surface area contributed by atoms with Crippen molar-refractivity contribution < 1.29 is 18.0 Å². The van der Waals surface area contributed by atoms with Gasteiger partial charge in [0.1, 0.15) is 5.00 Å². The van der Waals surface area contributed by atoms with Crippen molar-refractivity contribution in [2.75, 3.05) is 29.8 Å². The second-order valence-electron chi connectivity index (χ2n) is 12.1. The zero-order valence-electron chi connectivity index (χ0n) is 24.3. The Labute approximate surface area is 246 Å². The fourth-order valence-corrected chi connectivity index (χ4v) is 8.44. The van der Waals surface area contributed by atoms with Gasteiger partial charge in [0.05, 0.1) is 16.1 Å². The van der Waals surface area contributed by atoms with Gasteiger partial charge in [-0.1, -0.05) is 18.2 Å². The van der Waals surface area contributed by atoms with Gasteiger partial charge < -0.3 is 15.5 Å². The molecule has 0 bridgehead atoms. The molecule has 2 amide bonds. The van der Waals surface area contributed by atoms with Crippen LogP contribution in [0.1, 0.15) is 78.1 Å². The second kappa shape index (κ2) is 10.9. The molecule has 218 valence electrons. The van der Waals surface area contributed by atoms with Crippen molar-refractivity contribution in [2.45, 2.75) is 69.4 Å². The maximum Gasteiger partial charge on any atom is 0.264 e. The molecule has 2 aliphatic rings. The summed E-state index contributed by atoms with van der Waals surface area (Å²) in [5, 5.41) is 7.25. The lowest BCUT2D eigenvalue weighted by molar-refractivity contribution is 0.0723. The minimum absolute atomic E-state index is 0.0311. The van der Waals surface area contributed by atoms with Crippen molar-refractivity contribution in [3.8, 4) is 0 Å². The van der Waals surface area contributed by atoms with Gasteiger partial charge in [0.2, 0.25) is 0 Å². The number of nitrogens with one attached hydrogen (secondary N) is 2. The summed E-state index contributed by atoms with van der Waals surface area (Å²) in [6, 6.07) is 14.7. The highest BCUT2D eigenvalue weighted by molar-refractivity contribution is 7.92. The fourth-order valence-electron chi connectivity index (χ4n) is 5.99. The van der Waals surface area contributed by atoms with E-state index in [0.29, 0.717) is 28.2 Å². The van der Waals surface area contributed by atoms with Crippen LogP contribution < -0.4 is 14.9 Å². The summed E-state index contributed by atoms with van der Waals surface area (Å²) in [7, 11) is -2.30. The normalized spacial score (nSPS) is 17.9. The Morgan fingerprint density at radius 1 is 0.951 bits per heavy atom. The predicted octanol–water partition coefficient (Wildman–Crippen LogP) is 5.61. The zero-order valence-corrected chi connectivity index (χ0v) is 25.9. The van der Waals surface area contributed by atoms with Gasteiger partial charge >= 0.3 is 0 Å². The number of amides is 2. The van der Waals surface area contributed by atoms with Gasteiger partial charge in [-0.25, -0.2) is 8.42 Å². The van der Waals surface area contributed by atoms with Gasteiger partial charge in [-0.3, -0.25) is 13.9 Å².